The molecule has 0 saturated carbocycles. The lowest BCUT2D eigenvalue weighted by atomic mass is 9.98. The Kier molecular flexibility index (Phi) is 6.47. The number of rotatable bonds is 6. The largest absolute Gasteiger partial charge is 0.455 e. The van der Waals surface area contributed by atoms with Crippen LogP contribution in [0.5, 0.6) is 11.5 Å². The molecule has 0 spiro atoms. The number of aromatic nitrogens is 3. The third-order valence-corrected chi connectivity index (χ3v) is 6.95. The van der Waals surface area contributed by atoms with Gasteiger partial charge in [0.2, 0.25) is 5.91 Å². The maximum atomic E-state index is 11.9. The molecule has 7 heteroatoms. The maximum absolute atomic E-state index is 11.9. The summed E-state index contributed by atoms with van der Waals surface area (Å²) in [4.78, 5) is 27.2. The Bertz CT molecular complexity index is 1760. The number of anilines is 2. The predicted octanol–water partition coefficient (Wildman–Crippen LogP) is 6.82. The van der Waals surface area contributed by atoms with Crippen LogP contribution in [-0.4, -0.2) is 38.8 Å². The van der Waals surface area contributed by atoms with E-state index in [2.05, 4.69) is 45.1 Å². The van der Waals surface area contributed by atoms with Crippen LogP contribution in [0.15, 0.2) is 98.0 Å². The summed E-state index contributed by atoms with van der Waals surface area (Å²) in [5, 5.41) is 5.43. The van der Waals surface area contributed by atoms with Crippen molar-refractivity contribution in [3.05, 3.63) is 109 Å². The van der Waals surface area contributed by atoms with Crippen LogP contribution < -0.4 is 10.1 Å². The third-order valence-electron chi connectivity index (χ3n) is 6.95. The Morgan fingerprint density at radius 3 is 2.74 bits per heavy atom. The first kappa shape index (κ1) is 24.3. The van der Waals surface area contributed by atoms with Gasteiger partial charge < -0.3 is 15.0 Å². The zero-order chi connectivity index (χ0) is 26.8. The molecule has 192 valence electrons. The minimum absolute atomic E-state index is 0.0378. The minimum Gasteiger partial charge on any atom is -0.455 e. The fraction of sp³-hybridized carbons (Fsp3) is 0.125. The Morgan fingerprint density at radius 2 is 1.92 bits per heavy atom. The number of carbonyl (C=O) groups is 1. The van der Waals surface area contributed by atoms with Gasteiger partial charge in [-0.3, -0.25) is 9.78 Å². The van der Waals surface area contributed by atoms with Crippen LogP contribution in [-0.2, 0) is 4.79 Å². The number of nitrogens with one attached hydrogen (secondary N) is 1. The quantitative estimate of drug-likeness (QED) is 0.251. The molecule has 5 aromatic rings. The molecule has 6 rings (SSSR count). The lowest BCUT2D eigenvalue weighted by Gasteiger charge is -2.25. The highest BCUT2D eigenvalue weighted by atomic mass is 16.5. The van der Waals surface area contributed by atoms with Crippen LogP contribution in [0.25, 0.3) is 27.4 Å². The Hall–Kier alpha value is -5.04. The van der Waals surface area contributed by atoms with Crippen molar-refractivity contribution in [3.8, 4) is 11.5 Å². The number of nitrogens with zero attached hydrogens (tertiary/aromatic N) is 4. The minimum atomic E-state index is -0.0378. The van der Waals surface area contributed by atoms with Crippen molar-refractivity contribution in [1.82, 2.24) is 19.9 Å². The SMILES string of the molecule is C=CC(=O)N1CC=C(c2ccc3ncnc(Nc4ccc(Oc5cccc6cccnc56)c(C)c4)c3c2)CC1. The maximum Gasteiger partial charge on any atom is 0.246 e. The molecule has 1 aliphatic rings. The molecule has 0 fully saturated rings. The van der Waals surface area contributed by atoms with Gasteiger partial charge in [-0.1, -0.05) is 36.9 Å². The molecular weight excluding hydrogens is 486 g/mol. The van der Waals surface area contributed by atoms with Crippen LogP contribution in [0, 0.1) is 6.92 Å². The zero-order valence-electron chi connectivity index (χ0n) is 21.6. The van der Waals surface area contributed by atoms with Crippen LogP contribution >= 0.6 is 0 Å². The average molecular weight is 514 g/mol. The highest BCUT2D eigenvalue weighted by Crippen LogP contribution is 2.33. The highest BCUT2D eigenvalue weighted by molar-refractivity contribution is 5.93. The molecule has 39 heavy (non-hydrogen) atoms. The van der Waals surface area contributed by atoms with Crippen LogP contribution in [0.4, 0.5) is 11.5 Å². The summed E-state index contributed by atoms with van der Waals surface area (Å²) in [6.07, 6.45) is 7.60. The van der Waals surface area contributed by atoms with E-state index in [4.69, 9.17) is 4.74 Å². The molecule has 3 aromatic carbocycles. The third kappa shape index (κ3) is 4.94. The Morgan fingerprint density at radius 1 is 1.03 bits per heavy atom. The predicted molar refractivity (Wildman–Crippen MR) is 155 cm³/mol. The van der Waals surface area contributed by atoms with Crippen molar-refractivity contribution in [3.63, 3.8) is 0 Å². The van der Waals surface area contributed by atoms with Gasteiger partial charge in [0.15, 0.2) is 5.75 Å². The van der Waals surface area contributed by atoms with E-state index in [1.54, 1.807) is 17.4 Å². The number of aryl methyl sites for hydroxylation is 1. The van der Waals surface area contributed by atoms with E-state index < -0.39 is 0 Å². The summed E-state index contributed by atoms with van der Waals surface area (Å²) in [6.45, 7) is 6.86. The molecule has 0 radical (unpaired) electrons. The first-order valence-corrected chi connectivity index (χ1v) is 12.8. The van der Waals surface area contributed by atoms with Gasteiger partial charge in [-0.05, 0) is 78.6 Å². The van der Waals surface area contributed by atoms with E-state index >= 15 is 0 Å². The molecule has 0 unspecified atom stereocenters. The first-order chi connectivity index (χ1) is 19.1. The Balaban J connectivity index is 1.25. The van der Waals surface area contributed by atoms with E-state index in [-0.39, 0.29) is 5.91 Å². The van der Waals surface area contributed by atoms with Crippen molar-refractivity contribution >= 4 is 44.8 Å². The molecule has 7 nitrogen and oxygen atoms in total. The summed E-state index contributed by atoms with van der Waals surface area (Å²) in [6, 6.07) is 22.1. The van der Waals surface area contributed by atoms with Gasteiger partial charge in [0.1, 0.15) is 23.4 Å². The second-order valence-electron chi connectivity index (χ2n) is 9.46. The number of para-hydroxylation sites is 1. The normalized spacial score (nSPS) is 13.3. The lowest BCUT2D eigenvalue weighted by Crippen LogP contribution is -2.33. The number of fused-ring (bicyclic) bond motifs is 2. The fourth-order valence-electron chi connectivity index (χ4n) is 4.87. The van der Waals surface area contributed by atoms with Crippen molar-refractivity contribution < 1.29 is 9.53 Å². The second kappa shape index (κ2) is 10.4. The summed E-state index contributed by atoms with van der Waals surface area (Å²) in [5.41, 5.74) is 5.89. The summed E-state index contributed by atoms with van der Waals surface area (Å²) < 4.78 is 6.26. The first-order valence-electron chi connectivity index (χ1n) is 12.8. The van der Waals surface area contributed by atoms with E-state index in [0.717, 1.165) is 62.4 Å². The van der Waals surface area contributed by atoms with Gasteiger partial charge >= 0.3 is 0 Å². The van der Waals surface area contributed by atoms with Crippen molar-refractivity contribution in [1.29, 1.82) is 0 Å². The van der Waals surface area contributed by atoms with Crippen molar-refractivity contribution in [2.45, 2.75) is 13.3 Å². The molecule has 3 heterocycles. The van der Waals surface area contributed by atoms with Gasteiger partial charge in [-0.15, -0.1) is 0 Å². The second-order valence-corrected chi connectivity index (χ2v) is 9.46. The lowest BCUT2D eigenvalue weighted by molar-refractivity contribution is -0.125. The smallest absolute Gasteiger partial charge is 0.246 e. The molecule has 0 aliphatic carbocycles. The molecule has 1 amide bonds. The zero-order valence-corrected chi connectivity index (χ0v) is 21.6. The molecule has 0 bridgehead atoms. The molecule has 2 aromatic heterocycles. The summed E-state index contributed by atoms with van der Waals surface area (Å²) >= 11 is 0. The monoisotopic (exact) mass is 513 g/mol. The number of hydrogen-bond acceptors (Lipinski definition) is 6. The number of ether oxygens (including phenoxy) is 1. The molecule has 1 aliphatic heterocycles. The topological polar surface area (TPSA) is 80.2 Å². The van der Waals surface area contributed by atoms with E-state index in [0.29, 0.717) is 13.1 Å². The number of carbonyl (C=O) groups excluding carboxylic acids is 1. The molecule has 0 saturated heterocycles. The fourth-order valence-corrected chi connectivity index (χ4v) is 4.87. The van der Waals surface area contributed by atoms with Crippen LogP contribution in [0.3, 0.4) is 0 Å². The van der Waals surface area contributed by atoms with Gasteiger partial charge in [-0.25, -0.2) is 9.97 Å². The highest BCUT2D eigenvalue weighted by Gasteiger charge is 2.17. The summed E-state index contributed by atoms with van der Waals surface area (Å²) in [5.74, 6) is 2.18. The van der Waals surface area contributed by atoms with Crippen LogP contribution in [0.2, 0.25) is 0 Å². The van der Waals surface area contributed by atoms with Gasteiger partial charge in [0, 0.05) is 35.7 Å². The standard InChI is InChI=1S/C32H27N5O2/c1-3-30(38)37-16-13-22(14-17-37)24-9-11-27-26(19-24)32(35-20-34-27)36-25-10-12-28(21(2)18-25)39-29-8-4-6-23-7-5-15-33-31(23)29/h3-13,15,18-20H,1,14,16-17H2,2H3,(H,34,35,36). The number of hydrogen-bond donors (Lipinski definition) is 1. The Labute approximate surface area is 226 Å². The molecule has 0 atom stereocenters. The van der Waals surface area contributed by atoms with Gasteiger partial charge in [-0.2, -0.15) is 0 Å². The average Bonchev–Trinajstić information content (AvgIpc) is 2.98. The van der Waals surface area contributed by atoms with E-state index in [9.17, 15) is 4.79 Å². The number of amides is 1. The summed E-state index contributed by atoms with van der Waals surface area (Å²) in [7, 11) is 0. The van der Waals surface area contributed by atoms with E-state index in [1.807, 2.05) is 61.5 Å². The van der Waals surface area contributed by atoms with Crippen LogP contribution in [0.1, 0.15) is 17.5 Å². The van der Waals surface area contributed by atoms with Gasteiger partial charge in [0.25, 0.3) is 0 Å². The number of pyridine rings is 1. The molecule has 1 N–H and O–H groups in total. The number of benzene rings is 3. The van der Waals surface area contributed by atoms with Crippen molar-refractivity contribution in [2.24, 2.45) is 0 Å². The van der Waals surface area contributed by atoms with Crippen molar-refractivity contribution in [2.75, 3.05) is 18.4 Å². The van der Waals surface area contributed by atoms with Gasteiger partial charge in [0.05, 0.1) is 5.52 Å². The molecular formula is C32H27N5O2. The van der Waals surface area contributed by atoms with E-state index in [1.165, 1.54) is 11.6 Å².